The molecule has 0 saturated heterocycles. The number of hydrogen-bond donors (Lipinski definition) is 3. The standard InChI is InChI=1S/C26H20ClN3O4S/c27-17-8-6-16(7-9-17)26-20(15-4-2-1-3-5-15)13-23(31)25(26,33)19-11-10-18(12-22(19)34-26)28-24(32)21-14-35-30-29-21/h1-12,14,20,23,31,33H,13H2,(H,28,32)/t20-,23+,25-,26-/m1/s1. The van der Waals surface area contributed by atoms with E-state index in [0.29, 0.717) is 34.0 Å². The SMILES string of the molecule is O=C(Nc1ccc2c(c1)O[C@]1(c3ccc(Cl)cc3)[C@@H](c3ccccc3)C[C@H](O)[C@]21O)c1csnn1. The topological polar surface area (TPSA) is 105 Å². The first-order chi connectivity index (χ1) is 16.9. The quantitative estimate of drug-likeness (QED) is 0.378. The number of anilines is 1. The Morgan fingerprint density at radius 2 is 1.89 bits per heavy atom. The van der Waals surface area contributed by atoms with Gasteiger partial charge in [0.15, 0.2) is 16.9 Å². The molecule has 0 bridgehead atoms. The molecule has 1 aliphatic heterocycles. The zero-order chi connectivity index (χ0) is 24.2. The second-order valence-corrected chi connectivity index (χ2v) is 9.83. The van der Waals surface area contributed by atoms with Gasteiger partial charge in [0.05, 0.1) is 6.10 Å². The Labute approximate surface area is 210 Å². The lowest BCUT2D eigenvalue weighted by Crippen LogP contribution is -2.51. The number of aromatic nitrogens is 2. The molecule has 176 valence electrons. The smallest absolute Gasteiger partial charge is 0.277 e. The number of nitrogens with zero attached hydrogens (tertiary/aromatic N) is 2. The lowest BCUT2D eigenvalue weighted by atomic mass is 9.71. The van der Waals surface area contributed by atoms with E-state index in [1.807, 2.05) is 42.5 Å². The van der Waals surface area contributed by atoms with Gasteiger partial charge in [-0.3, -0.25) is 4.79 Å². The highest BCUT2D eigenvalue weighted by Crippen LogP contribution is 2.66. The van der Waals surface area contributed by atoms with Crippen molar-refractivity contribution >= 4 is 34.7 Å². The Bertz CT molecular complexity index is 1400. The van der Waals surface area contributed by atoms with Crippen LogP contribution in [0.2, 0.25) is 5.02 Å². The maximum Gasteiger partial charge on any atom is 0.277 e. The number of ether oxygens (including phenoxy) is 1. The number of aliphatic hydroxyl groups excluding tert-OH is 1. The Morgan fingerprint density at radius 3 is 2.60 bits per heavy atom. The Hall–Kier alpha value is -3.30. The van der Waals surface area contributed by atoms with Crippen molar-refractivity contribution in [2.75, 3.05) is 5.32 Å². The van der Waals surface area contributed by atoms with Gasteiger partial charge in [0, 0.05) is 33.6 Å². The van der Waals surface area contributed by atoms with E-state index in [1.165, 1.54) is 0 Å². The van der Waals surface area contributed by atoms with Gasteiger partial charge >= 0.3 is 0 Å². The number of nitrogens with one attached hydrogen (secondary N) is 1. The maximum absolute atomic E-state index is 12.5. The van der Waals surface area contributed by atoms with Crippen molar-refractivity contribution < 1.29 is 19.7 Å². The highest BCUT2D eigenvalue weighted by Gasteiger charge is 2.72. The summed E-state index contributed by atoms with van der Waals surface area (Å²) in [6.07, 6.45) is -0.788. The Kier molecular flexibility index (Phi) is 5.16. The number of carbonyl (C=O) groups excluding carboxylic acids is 1. The molecule has 2 heterocycles. The van der Waals surface area contributed by atoms with Crippen molar-refractivity contribution in [2.45, 2.75) is 29.6 Å². The highest BCUT2D eigenvalue weighted by molar-refractivity contribution is 7.03. The van der Waals surface area contributed by atoms with Crippen LogP contribution in [0, 0.1) is 0 Å². The van der Waals surface area contributed by atoms with Gasteiger partial charge in [0.1, 0.15) is 5.75 Å². The van der Waals surface area contributed by atoms with Crippen LogP contribution in [0.3, 0.4) is 0 Å². The molecule has 1 saturated carbocycles. The zero-order valence-electron chi connectivity index (χ0n) is 18.3. The fraction of sp³-hybridized carbons (Fsp3) is 0.192. The van der Waals surface area contributed by atoms with Crippen molar-refractivity contribution in [3.05, 3.63) is 106 Å². The van der Waals surface area contributed by atoms with Gasteiger partial charge in [-0.25, -0.2) is 0 Å². The molecule has 0 radical (unpaired) electrons. The van der Waals surface area contributed by atoms with Gasteiger partial charge in [-0.2, -0.15) is 0 Å². The van der Waals surface area contributed by atoms with Gasteiger partial charge in [0.2, 0.25) is 0 Å². The fourth-order valence-electron chi connectivity index (χ4n) is 5.47. The van der Waals surface area contributed by atoms with Crippen molar-refractivity contribution in [1.82, 2.24) is 9.59 Å². The summed E-state index contributed by atoms with van der Waals surface area (Å²) in [6, 6.07) is 21.9. The fourth-order valence-corrected chi connectivity index (χ4v) is 6.03. The van der Waals surface area contributed by atoms with Crippen LogP contribution < -0.4 is 10.1 Å². The number of halogens is 1. The summed E-state index contributed by atoms with van der Waals surface area (Å²) in [7, 11) is 0. The number of benzene rings is 3. The lowest BCUT2D eigenvalue weighted by Gasteiger charge is -2.40. The maximum atomic E-state index is 12.5. The second-order valence-electron chi connectivity index (χ2n) is 8.78. The third-order valence-electron chi connectivity index (χ3n) is 6.99. The Morgan fingerprint density at radius 1 is 1.11 bits per heavy atom. The van der Waals surface area contributed by atoms with Crippen molar-refractivity contribution in [3.63, 3.8) is 0 Å². The van der Waals surface area contributed by atoms with E-state index in [1.54, 1.807) is 35.7 Å². The molecule has 0 spiro atoms. The molecule has 9 heteroatoms. The number of aliphatic hydroxyl groups is 2. The molecule has 1 aromatic heterocycles. The summed E-state index contributed by atoms with van der Waals surface area (Å²) in [5, 5.41) is 32.3. The highest BCUT2D eigenvalue weighted by atomic mass is 35.5. The van der Waals surface area contributed by atoms with Crippen LogP contribution >= 0.6 is 23.1 Å². The van der Waals surface area contributed by atoms with Crippen LogP contribution in [-0.4, -0.2) is 31.8 Å². The van der Waals surface area contributed by atoms with Gasteiger partial charge < -0.3 is 20.3 Å². The van der Waals surface area contributed by atoms with Crippen LogP contribution in [0.1, 0.15) is 39.5 Å². The Balaban J connectivity index is 1.48. The molecule has 4 aromatic rings. The average Bonchev–Trinajstić information content (AvgIpc) is 3.54. The first-order valence-corrected chi connectivity index (χ1v) is 12.3. The number of hydrogen-bond acceptors (Lipinski definition) is 7. The van der Waals surface area contributed by atoms with Crippen molar-refractivity contribution in [3.8, 4) is 5.75 Å². The summed E-state index contributed by atoms with van der Waals surface area (Å²) in [6.45, 7) is 0. The predicted molar refractivity (Wildman–Crippen MR) is 132 cm³/mol. The number of fused-ring (bicyclic) bond motifs is 3. The second kappa shape index (κ2) is 8.13. The van der Waals surface area contributed by atoms with E-state index in [4.69, 9.17) is 16.3 Å². The predicted octanol–water partition coefficient (Wildman–Crippen LogP) is 4.47. The van der Waals surface area contributed by atoms with E-state index >= 15 is 0 Å². The molecule has 7 nitrogen and oxygen atoms in total. The molecular formula is C26H20ClN3O4S. The van der Waals surface area contributed by atoms with Crippen LogP contribution in [0.5, 0.6) is 5.75 Å². The minimum Gasteiger partial charge on any atom is -0.478 e. The largest absolute Gasteiger partial charge is 0.478 e. The molecule has 3 N–H and O–H groups in total. The summed E-state index contributed by atoms with van der Waals surface area (Å²) >= 11 is 7.26. The van der Waals surface area contributed by atoms with Gasteiger partial charge in [-0.1, -0.05) is 64.6 Å². The molecule has 35 heavy (non-hydrogen) atoms. The normalized spacial score (nSPS) is 26.6. The third-order valence-corrected chi connectivity index (χ3v) is 7.74. The summed E-state index contributed by atoms with van der Waals surface area (Å²) in [5.41, 5.74) is -0.238. The molecule has 2 aliphatic rings. The van der Waals surface area contributed by atoms with E-state index < -0.39 is 23.2 Å². The van der Waals surface area contributed by atoms with Crippen LogP contribution in [0.15, 0.2) is 78.2 Å². The number of carbonyl (C=O) groups is 1. The summed E-state index contributed by atoms with van der Waals surface area (Å²) < 4.78 is 10.4. The minimum absolute atomic E-state index is 0.212. The number of amides is 1. The third kappa shape index (κ3) is 3.21. The molecule has 4 atom stereocenters. The molecular weight excluding hydrogens is 486 g/mol. The van der Waals surface area contributed by atoms with Crippen LogP contribution in [-0.2, 0) is 11.2 Å². The van der Waals surface area contributed by atoms with E-state index in [-0.39, 0.29) is 11.6 Å². The molecule has 1 aliphatic carbocycles. The van der Waals surface area contributed by atoms with Gasteiger partial charge in [-0.05, 0) is 47.3 Å². The first-order valence-electron chi connectivity index (χ1n) is 11.1. The van der Waals surface area contributed by atoms with Gasteiger partial charge in [-0.15, -0.1) is 5.10 Å². The molecule has 0 unspecified atom stereocenters. The zero-order valence-corrected chi connectivity index (χ0v) is 19.8. The summed E-state index contributed by atoms with van der Waals surface area (Å²) in [5.74, 6) is -0.363. The van der Waals surface area contributed by atoms with Crippen LogP contribution in [0.25, 0.3) is 0 Å². The lowest BCUT2D eigenvalue weighted by molar-refractivity contribution is -0.149. The molecule has 6 rings (SSSR count). The number of rotatable bonds is 4. The van der Waals surface area contributed by atoms with Gasteiger partial charge in [0.25, 0.3) is 5.91 Å². The van der Waals surface area contributed by atoms with E-state index in [0.717, 1.165) is 17.1 Å². The monoisotopic (exact) mass is 505 g/mol. The van der Waals surface area contributed by atoms with E-state index in [9.17, 15) is 15.0 Å². The summed E-state index contributed by atoms with van der Waals surface area (Å²) in [4.78, 5) is 12.5. The average molecular weight is 506 g/mol. The molecule has 1 fully saturated rings. The molecule has 3 aromatic carbocycles. The van der Waals surface area contributed by atoms with Crippen molar-refractivity contribution in [1.29, 1.82) is 0 Å². The van der Waals surface area contributed by atoms with Crippen LogP contribution in [0.4, 0.5) is 5.69 Å². The van der Waals surface area contributed by atoms with E-state index in [2.05, 4.69) is 14.9 Å². The van der Waals surface area contributed by atoms with Crippen molar-refractivity contribution in [2.24, 2.45) is 0 Å². The first kappa shape index (κ1) is 22.2. The molecule has 1 amide bonds. The minimum atomic E-state index is -1.72.